The quantitative estimate of drug-likeness (QED) is 0.155. The Labute approximate surface area is 427 Å². The minimum atomic E-state index is 0.822. The van der Waals surface area contributed by atoms with Crippen molar-refractivity contribution in [1.29, 1.82) is 0 Å². The van der Waals surface area contributed by atoms with Crippen molar-refractivity contribution >= 4 is 0 Å². The maximum Gasteiger partial charge on any atom is 0.138 e. The van der Waals surface area contributed by atoms with Gasteiger partial charge in [0.2, 0.25) is 0 Å². The lowest BCUT2D eigenvalue weighted by Gasteiger charge is -1.82. The first-order valence-corrected chi connectivity index (χ1v) is 22.0. The van der Waals surface area contributed by atoms with Crippen molar-refractivity contribution in [1.82, 2.24) is 114 Å². The van der Waals surface area contributed by atoms with E-state index in [0.29, 0.717) is 0 Å². The zero-order valence-electron chi connectivity index (χ0n) is 43.3. The molecule has 11 heterocycles. The van der Waals surface area contributed by atoms with Crippen molar-refractivity contribution in [3.8, 4) is 0 Å². The minimum absolute atomic E-state index is 0.822. The fourth-order valence-electron chi connectivity index (χ4n) is 3.90. The van der Waals surface area contributed by atoms with E-state index in [1.54, 1.807) is 126 Å². The summed E-state index contributed by atoms with van der Waals surface area (Å²) in [5, 5.41) is 29.2. The number of hydrogen-bond donors (Lipinski definition) is 0. The van der Waals surface area contributed by atoms with Gasteiger partial charge in [-0.1, -0.05) is 12.1 Å². The van der Waals surface area contributed by atoms with Crippen molar-refractivity contribution in [3.63, 3.8) is 0 Å². The van der Waals surface area contributed by atoms with Crippen LogP contribution in [0.3, 0.4) is 0 Å². The number of aryl methyl sites for hydroxylation is 11. The van der Waals surface area contributed by atoms with Crippen LogP contribution in [0.1, 0.15) is 39.7 Å². The monoisotopic (exact) mass is 988 g/mol. The molecule has 0 amide bonds. The molecule has 0 radical (unpaired) electrons. The molecular weight excluding hydrogens is 923 g/mol. The number of imidazole rings is 1. The van der Waals surface area contributed by atoms with E-state index < -0.39 is 0 Å². The van der Waals surface area contributed by atoms with Crippen molar-refractivity contribution in [3.05, 3.63) is 238 Å². The van der Waals surface area contributed by atoms with Gasteiger partial charge in [-0.25, -0.2) is 34.9 Å². The third-order valence-electron chi connectivity index (χ3n) is 7.34. The molecule has 380 valence electrons. The van der Waals surface area contributed by atoms with Crippen molar-refractivity contribution < 1.29 is 0 Å². The van der Waals surface area contributed by atoms with Crippen LogP contribution in [0, 0.1) is 48.5 Å². The summed E-state index contributed by atoms with van der Waals surface area (Å²) in [6.07, 6.45) is 39.1. The van der Waals surface area contributed by atoms with Gasteiger partial charge >= 0.3 is 0 Å². The highest BCUT2D eigenvalue weighted by molar-refractivity contribution is 5.04. The van der Waals surface area contributed by atoms with Gasteiger partial charge in [0.05, 0.1) is 29.6 Å². The molecule has 0 spiro atoms. The number of pyridine rings is 2. The summed E-state index contributed by atoms with van der Waals surface area (Å²) in [6.45, 7) is 13.5. The van der Waals surface area contributed by atoms with Gasteiger partial charge in [0.25, 0.3) is 0 Å². The van der Waals surface area contributed by atoms with Crippen LogP contribution in [0.5, 0.6) is 0 Å². The molecule has 11 aromatic heterocycles. The molecule has 23 nitrogen and oxygen atoms in total. The number of hydrogen-bond acceptors (Lipinski definition) is 19. The largest absolute Gasteiger partial charge is 0.341 e. The summed E-state index contributed by atoms with van der Waals surface area (Å²) in [7, 11) is 7.53. The molecule has 0 aromatic carbocycles. The third kappa shape index (κ3) is 41.1. The smallest absolute Gasteiger partial charge is 0.138 e. The molecule has 0 saturated heterocycles. The summed E-state index contributed by atoms with van der Waals surface area (Å²) in [4.78, 5) is 42.1. The van der Waals surface area contributed by atoms with Gasteiger partial charge in [0.15, 0.2) is 0 Å². The lowest BCUT2D eigenvalue weighted by molar-refractivity contribution is 0.765. The lowest BCUT2D eigenvalue weighted by Crippen LogP contribution is -1.84. The summed E-state index contributed by atoms with van der Waals surface area (Å²) in [6, 6.07) is 17.3. The number of rotatable bonds is 0. The van der Waals surface area contributed by atoms with Crippen molar-refractivity contribution in [2.75, 3.05) is 0 Å². The first-order valence-electron chi connectivity index (χ1n) is 22.0. The molecule has 0 aliphatic heterocycles. The topological polar surface area (TPSA) is 265 Å². The van der Waals surface area contributed by atoms with Gasteiger partial charge < -0.3 is 9.13 Å². The Morgan fingerprint density at radius 3 is 1.22 bits per heavy atom. The Hall–Kier alpha value is -9.67. The van der Waals surface area contributed by atoms with Crippen LogP contribution >= 0.6 is 0 Å². The molecule has 0 saturated carbocycles. The summed E-state index contributed by atoms with van der Waals surface area (Å²) < 4.78 is 7.06. The van der Waals surface area contributed by atoms with E-state index in [0.717, 1.165) is 34.2 Å². The molecule has 0 aliphatic carbocycles. The fraction of sp³-hybridized carbons (Fsp3) is 0.220. The Morgan fingerprint density at radius 1 is 0.329 bits per heavy atom. The zero-order valence-corrected chi connectivity index (χ0v) is 43.3. The molecular formula is C50H65N23. The van der Waals surface area contributed by atoms with Gasteiger partial charge in [-0.2, -0.15) is 25.5 Å². The average molecular weight is 988 g/mol. The molecule has 0 unspecified atom stereocenters. The maximum absolute atomic E-state index is 3.98. The highest BCUT2D eigenvalue weighted by Crippen LogP contribution is 1.89. The molecule has 0 N–H and O–H groups in total. The first kappa shape index (κ1) is 61.3. The molecule has 73 heavy (non-hydrogen) atoms. The summed E-state index contributed by atoms with van der Waals surface area (Å²) >= 11 is 0. The van der Waals surface area contributed by atoms with Gasteiger partial charge in [0.1, 0.15) is 43.8 Å². The predicted octanol–water partition coefficient (Wildman–Crippen LogP) is 6.57. The van der Waals surface area contributed by atoms with Crippen LogP contribution in [-0.2, 0) is 28.2 Å². The van der Waals surface area contributed by atoms with E-state index in [2.05, 4.69) is 95.6 Å². The van der Waals surface area contributed by atoms with Crippen LogP contribution in [-0.4, -0.2) is 114 Å². The maximum atomic E-state index is 3.98. The predicted molar refractivity (Wildman–Crippen MR) is 278 cm³/mol. The molecule has 11 aromatic rings. The molecule has 11 rings (SSSR count). The summed E-state index contributed by atoms with van der Waals surface area (Å²) in [5.74, 6) is 0.822. The van der Waals surface area contributed by atoms with E-state index in [1.807, 2.05) is 148 Å². The molecule has 0 bridgehead atoms. The summed E-state index contributed by atoms with van der Waals surface area (Å²) in [5.41, 5.74) is 6.15. The molecule has 0 aliphatic rings. The normalized spacial score (nSPS) is 8.75. The zero-order chi connectivity index (χ0) is 53.4. The van der Waals surface area contributed by atoms with Gasteiger partial charge in [-0.3, -0.25) is 29.3 Å². The van der Waals surface area contributed by atoms with Crippen LogP contribution in [0.2, 0.25) is 0 Å². The number of aromatic nitrogens is 23. The average Bonchev–Trinajstić information content (AvgIpc) is 4.28. The van der Waals surface area contributed by atoms with Crippen LogP contribution in [0.15, 0.2) is 198 Å². The van der Waals surface area contributed by atoms with E-state index in [9.17, 15) is 0 Å². The van der Waals surface area contributed by atoms with E-state index in [1.165, 1.54) is 24.5 Å². The van der Waals surface area contributed by atoms with Crippen molar-refractivity contribution in [2.24, 2.45) is 28.2 Å². The highest BCUT2D eigenvalue weighted by atomic mass is 15.3. The first-order chi connectivity index (χ1) is 35.3. The van der Waals surface area contributed by atoms with E-state index in [-0.39, 0.29) is 0 Å². The van der Waals surface area contributed by atoms with Gasteiger partial charge in [0, 0.05) is 127 Å². The van der Waals surface area contributed by atoms with Crippen LogP contribution in [0.4, 0.5) is 0 Å². The highest BCUT2D eigenvalue weighted by Gasteiger charge is 1.79. The molecule has 0 fully saturated rings. The van der Waals surface area contributed by atoms with E-state index >= 15 is 0 Å². The van der Waals surface area contributed by atoms with Gasteiger partial charge in [-0.15, -0.1) is 15.3 Å². The van der Waals surface area contributed by atoms with Crippen LogP contribution < -0.4 is 0 Å². The third-order valence-corrected chi connectivity index (χ3v) is 7.34. The van der Waals surface area contributed by atoms with Crippen LogP contribution in [0.25, 0.3) is 0 Å². The van der Waals surface area contributed by atoms with Crippen molar-refractivity contribution in [2.45, 2.75) is 48.5 Å². The standard InChI is InChI=1S/2C6H7N.4C5H6N2.C4H5N3.2C4H6N2.2C3H5N3/c1-6-3-2-4-7-5-6;1-6-4-2-3-5-7-6;1-5-2-6-4-7-3-5;1-5-4-6-2-3-7-5;1-5-6-3-2-4-7-5;1-5-3-2-4-6-7-5;1-4-2-5-3-6-7-4;1-6-3-2-5-4-6;1-6-4-2-3-5-6;1-6-2-4-5-3-6;1-6-3-4-2-5-6/h2*2-5H,1H3;4*2-4H,1H3;2-3H,1H3;2*2-4H,1H3;2*2-3H,1H3. The SMILES string of the molecule is Cc1ccccn1.Cc1cccnc1.Cc1cccnn1.Cc1cnccn1.Cc1cncnc1.Cc1cncnn1.Cc1ncccn1.Cn1cccn1.Cn1ccnc1.Cn1cncn1.Cn1cnnc1. The minimum Gasteiger partial charge on any atom is -0.341 e. The fourth-order valence-corrected chi connectivity index (χ4v) is 3.90. The Balaban J connectivity index is 0.000000402. The second kappa shape index (κ2) is 42.4. The Kier molecular flexibility index (Phi) is 35.7. The van der Waals surface area contributed by atoms with Gasteiger partial charge in [-0.05, 0) is 102 Å². The lowest BCUT2D eigenvalue weighted by atomic mass is 10.3. The second-order valence-corrected chi connectivity index (χ2v) is 14.3. The Morgan fingerprint density at radius 2 is 0.973 bits per heavy atom. The second-order valence-electron chi connectivity index (χ2n) is 14.3. The number of nitrogens with zero attached hydrogens (tertiary/aromatic N) is 23. The molecule has 23 heteroatoms. The van der Waals surface area contributed by atoms with E-state index in [4.69, 9.17) is 0 Å². The molecule has 0 atom stereocenters. The Bertz CT molecular complexity index is 2250.